The van der Waals surface area contributed by atoms with Crippen LogP contribution in [0.4, 0.5) is 5.69 Å². The molecule has 170 valence electrons. The predicted octanol–water partition coefficient (Wildman–Crippen LogP) is 2.71. The number of pyridine rings is 1. The van der Waals surface area contributed by atoms with Crippen molar-refractivity contribution in [1.82, 2.24) is 24.2 Å². The van der Waals surface area contributed by atoms with E-state index in [1.54, 1.807) is 16.7 Å². The van der Waals surface area contributed by atoms with Gasteiger partial charge >= 0.3 is 0 Å². The highest BCUT2D eigenvalue weighted by molar-refractivity contribution is 7.91. The van der Waals surface area contributed by atoms with E-state index in [0.29, 0.717) is 17.3 Å². The average Bonchev–Trinajstić information content (AvgIpc) is 3.26. The van der Waals surface area contributed by atoms with Crippen molar-refractivity contribution in [3.63, 3.8) is 0 Å². The minimum atomic E-state index is -3.42. The highest BCUT2D eigenvalue weighted by Crippen LogP contribution is 2.34. The lowest BCUT2D eigenvalue weighted by Crippen LogP contribution is -2.44. The van der Waals surface area contributed by atoms with E-state index in [1.807, 2.05) is 19.2 Å². The van der Waals surface area contributed by atoms with Gasteiger partial charge in [-0.2, -0.15) is 4.31 Å². The van der Waals surface area contributed by atoms with E-state index in [9.17, 15) is 8.42 Å². The van der Waals surface area contributed by atoms with Crippen molar-refractivity contribution in [1.29, 1.82) is 0 Å². The molecule has 0 unspecified atom stereocenters. The normalized spacial score (nSPS) is 19.6. The molecule has 0 bridgehead atoms. The van der Waals surface area contributed by atoms with Gasteiger partial charge < -0.3 is 9.80 Å². The monoisotopic (exact) mass is 472 g/mol. The Morgan fingerprint density at radius 3 is 2.44 bits per heavy atom. The molecule has 10 heteroatoms. The topological polar surface area (TPSA) is 82.5 Å². The molecule has 3 aromatic heterocycles. The van der Waals surface area contributed by atoms with Gasteiger partial charge in [0, 0.05) is 50.1 Å². The van der Waals surface area contributed by atoms with Crippen molar-refractivity contribution in [3.05, 3.63) is 41.3 Å². The Kier molecular flexibility index (Phi) is 5.87. The Morgan fingerprint density at radius 2 is 1.75 bits per heavy atom. The summed E-state index contributed by atoms with van der Waals surface area (Å²) in [5.41, 5.74) is 3.72. The number of piperazine rings is 1. The zero-order chi connectivity index (χ0) is 22.3. The van der Waals surface area contributed by atoms with Crippen LogP contribution in [0.5, 0.6) is 0 Å². The zero-order valence-electron chi connectivity index (χ0n) is 18.4. The lowest BCUT2D eigenvalue weighted by Gasteiger charge is -2.34. The first kappa shape index (κ1) is 21.7. The van der Waals surface area contributed by atoms with Crippen LogP contribution in [-0.2, 0) is 10.0 Å². The molecule has 5 heterocycles. The molecule has 8 nitrogen and oxygen atoms in total. The Labute approximate surface area is 193 Å². The fourth-order valence-electron chi connectivity index (χ4n) is 4.54. The van der Waals surface area contributed by atoms with Crippen LogP contribution in [0.1, 0.15) is 29.3 Å². The lowest BCUT2D eigenvalue weighted by atomic mass is 9.93. The highest BCUT2D eigenvalue weighted by Gasteiger charge is 2.32. The molecule has 2 fully saturated rings. The number of aryl methyl sites for hydroxylation is 1. The molecule has 0 spiro atoms. The number of hydrogen-bond acceptors (Lipinski definition) is 8. The van der Waals surface area contributed by atoms with Gasteiger partial charge in [-0.15, -0.1) is 11.3 Å². The van der Waals surface area contributed by atoms with Gasteiger partial charge in [0.05, 0.1) is 23.1 Å². The maximum Gasteiger partial charge on any atom is 0.252 e. The average molecular weight is 473 g/mol. The molecular formula is C22H28N6O2S2. The van der Waals surface area contributed by atoms with Gasteiger partial charge in [-0.25, -0.2) is 18.4 Å². The van der Waals surface area contributed by atoms with Crippen molar-refractivity contribution in [2.75, 3.05) is 51.2 Å². The van der Waals surface area contributed by atoms with E-state index in [1.165, 1.54) is 11.3 Å². The molecule has 5 rings (SSSR count). The molecule has 0 saturated carbocycles. The second-order valence-corrected chi connectivity index (χ2v) is 12.1. The second-order valence-electron chi connectivity index (χ2n) is 8.65. The quantitative estimate of drug-likeness (QED) is 0.577. The largest absolute Gasteiger partial charge is 0.368 e. The van der Waals surface area contributed by atoms with Crippen LogP contribution in [0.3, 0.4) is 0 Å². The summed E-state index contributed by atoms with van der Waals surface area (Å²) >= 11 is 1.33. The van der Waals surface area contributed by atoms with Gasteiger partial charge in [0.1, 0.15) is 16.1 Å². The van der Waals surface area contributed by atoms with Crippen LogP contribution in [0.2, 0.25) is 0 Å². The number of fused-ring (bicyclic) bond motifs is 1. The summed E-state index contributed by atoms with van der Waals surface area (Å²) in [6.45, 7) is 6.97. The zero-order valence-corrected chi connectivity index (χ0v) is 20.1. The fourth-order valence-corrected chi connectivity index (χ4v) is 7.44. The van der Waals surface area contributed by atoms with Gasteiger partial charge in [-0.3, -0.25) is 4.98 Å². The summed E-state index contributed by atoms with van der Waals surface area (Å²) in [4.78, 5) is 19.5. The van der Waals surface area contributed by atoms with Crippen molar-refractivity contribution < 1.29 is 8.42 Å². The molecular weight excluding hydrogens is 444 g/mol. The van der Waals surface area contributed by atoms with Gasteiger partial charge in [0.25, 0.3) is 10.0 Å². The number of thiophene rings is 1. The van der Waals surface area contributed by atoms with Crippen LogP contribution in [0.25, 0.3) is 11.0 Å². The first-order chi connectivity index (χ1) is 15.4. The molecule has 0 amide bonds. The van der Waals surface area contributed by atoms with Gasteiger partial charge in [0.2, 0.25) is 0 Å². The molecule has 0 aliphatic carbocycles. The molecule has 0 radical (unpaired) electrons. The Hall–Kier alpha value is -2.14. The third-order valence-electron chi connectivity index (χ3n) is 6.51. The van der Waals surface area contributed by atoms with Crippen molar-refractivity contribution in [2.24, 2.45) is 0 Å². The number of aromatic nitrogens is 3. The van der Waals surface area contributed by atoms with E-state index >= 15 is 0 Å². The minimum Gasteiger partial charge on any atom is -0.368 e. The van der Waals surface area contributed by atoms with E-state index < -0.39 is 10.0 Å². The SMILES string of the molecule is Cc1ccc(S(=O)(=O)N2CCC(c3ncnc4cc(N5CCN(C)CC5)cnc34)CC2)s1. The molecule has 2 aliphatic heterocycles. The molecule has 0 atom stereocenters. The first-order valence-electron chi connectivity index (χ1n) is 11.0. The smallest absolute Gasteiger partial charge is 0.252 e. The first-order valence-corrected chi connectivity index (χ1v) is 13.3. The van der Waals surface area contributed by atoms with E-state index in [2.05, 4.69) is 32.9 Å². The maximum atomic E-state index is 13.0. The summed E-state index contributed by atoms with van der Waals surface area (Å²) in [5, 5.41) is 0. The summed E-state index contributed by atoms with van der Waals surface area (Å²) in [6, 6.07) is 5.68. The Bertz CT molecular complexity index is 1210. The maximum absolute atomic E-state index is 13.0. The summed E-state index contributed by atoms with van der Waals surface area (Å²) in [5.74, 6) is 0.180. The molecule has 2 saturated heterocycles. The van der Waals surface area contributed by atoms with Gasteiger partial charge in [-0.05, 0) is 45.0 Å². The number of rotatable bonds is 4. The number of sulfonamides is 1. The third kappa shape index (κ3) is 4.12. The third-order valence-corrected chi connectivity index (χ3v) is 9.88. The fraction of sp³-hybridized carbons (Fsp3) is 0.500. The summed E-state index contributed by atoms with van der Waals surface area (Å²) < 4.78 is 27.9. The van der Waals surface area contributed by atoms with Gasteiger partial charge in [-0.1, -0.05) is 0 Å². The highest BCUT2D eigenvalue weighted by atomic mass is 32.2. The van der Waals surface area contributed by atoms with Crippen LogP contribution in [0.15, 0.2) is 34.9 Å². The standard InChI is InChI=1S/C22H28N6O2S2/c1-16-3-4-20(31-16)32(29,30)28-7-5-17(6-8-28)21-22-19(24-15-25-21)13-18(14-23-22)27-11-9-26(2)10-12-27/h3-4,13-15,17H,5-12H2,1-2H3. The van der Waals surface area contributed by atoms with E-state index in [-0.39, 0.29) is 5.92 Å². The molecule has 2 aliphatic rings. The van der Waals surface area contributed by atoms with E-state index in [4.69, 9.17) is 4.98 Å². The van der Waals surface area contributed by atoms with Crippen LogP contribution in [0, 0.1) is 6.92 Å². The van der Waals surface area contributed by atoms with Crippen LogP contribution in [-0.4, -0.2) is 78.9 Å². The Morgan fingerprint density at radius 1 is 1.00 bits per heavy atom. The molecule has 32 heavy (non-hydrogen) atoms. The minimum absolute atomic E-state index is 0.180. The van der Waals surface area contributed by atoms with Crippen LogP contribution >= 0.6 is 11.3 Å². The van der Waals surface area contributed by atoms with Crippen molar-refractivity contribution in [3.8, 4) is 0 Å². The van der Waals surface area contributed by atoms with Crippen LogP contribution < -0.4 is 4.90 Å². The van der Waals surface area contributed by atoms with Gasteiger partial charge in [0.15, 0.2) is 0 Å². The number of hydrogen-bond donors (Lipinski definition) is 0. The number of likely N-dealkylation sites (N-methyl/N-ethyl adjacent to an activating group) is 1. The second kappa shape index (κ2) is 8.66. The van der Waals surface area contributed by atoms with Crippen molar-refractivity contribution in [2.45, 2.75) is 29.9 Å². The number of anilines is 1. The number of piperidine rings is 1. The number of nitrogens with zero attached hydrogens (tertiary/aromatic N) is 6. The summed E-state index contributed by atoms with van der Waals surface area (Å²) in [7, 11) is -1.27. The molecule has 0 aromatic carbocycles. The lowest BCUT2D eigenvalue weighted by molar-refractivity contribution is 0.313. The van der Waals surface area contributed by atoms with Crippen molar-refractivity contribution >= 4 is 38.1 Å². The van der Waals surface area contributed by atoms with E-state index in [0.717, 1.165) is 66.3 Å². The molecule has 0 N–H and O–H groups in total. The predicted molar refractivity (Wildman–Crippen MR) is 127 cm³/mol. The Balaban J connectivity index is 1.33. The summed E-state index contributed by atoms with van der Waals surface area (Å²) in [6.07, 6.45) is 5.01. The molecule has 3 aromatic rings.